The van der Waals surface area contributed by atoms with Crippen molar-refractivity contribution in [3.05, 3.63) is 12.7 Å². The number of rotatable bonds is 0. The molecule has 1 heterocycles. The number of hydrogen-bond donors (Lipinski definition) is 0. The molecule has 0 spiro atoms. The van der Waals surface area contributed by atoms with Gasteiger partial charge in [-0.05, 0) is 6.92 Å². The summed E-state index contributed by atoms with van der Waals surface area (Å²) in [7, 11) is 0. The van der Waals surface area contributed by atoms with E-state index in [9.17, 15) is 4.79 Å². The molecule has 1 fully saturated rings. The molecule has 0 amide bonds. The lowest BCUT2D eigenvalue weighted by Crippen LogP contribution is -2.18. The van der Waals surface area contributed by atoms with Gasteiger partial charge in [-0.15, -0.1) is 6.58 Å². The van der Waals surface area contributed by atoms with Crippen LogP contribution in [0, 0.1) is 0 Å². The molecule has 0 aromatic heterocycles. The Kier molecular flexibility index (Phi) is 3.94. The second kappa shape index (κ2) is 4.37. The highest BCUT2D eigenvalue weighted by Gasteiger charge is 2.10. The van der Waals surface area contributed by atoms with E-state index in [-0.39, 0.29) is 5.97 Å². The summed E-state index contributed by atoms with van der Waals surface area (Å²) in [5, 5.41) is 0. The Balaban J connectivity index is 0.000000145. The van der Waals surface area contributed by atoms with Gasteiger partial charge in [0.25, 0.3) is 0 Å². The first-order chi connectivity index (χ1) is 3.81. The van der Waals surface area contributed by atoms with Crippen molar-refractivity contribution in [2.75, 3.05) is 6.61 Å². The summed E-state index contributed by atoms with van der Waals surface area (Å²) in [6.45, 7) is 5.89. The van der Waals surface area contributed by atoms with Gasteiger partial charge in [0.15, 0.2) is 0 Å². The molecule has 46 valence electrons. The number of ether oxygens (including phenoxy) is 1. The van der Waals surface area contributed by atoms with E-state index >= 15 is 0 Å². The zero-order chi connectivity index (χ0) is 6.41. The predicted octanol–water partition coefficient (Wildman–Crippen LogP) is 1.13. The molecule has 1 rings (SSSR count). The van der Waals surface area contributed by atoms with Crippen molar-refractivity contribution >= 4 is 5.97 Å². The second-order valence-electron chi connectivity index (χ2n) is 1.38. The van der Waals surface area contributed by atoms with Gasteiger partial charge in [0, 0.05) is 0 Å². The van der Waals surface area contributed by atoms with E-state index in [0.717, 1.165) is 0 Å². The highest BCUT2D eigenvalue weighted by Crippen LogP contribution is 1.97. The van der Waals surface area contributed by atoms with Crippen LogP contribution in [0.5, 0.6) is 0 Å². The topological polar surface area (TPSA) is 26.3 Å². The molecule has 1 aliphatic heterocycles. The maximum absolute atomic E-state index is 9.68. The van der Waals surface area contributed by atoms with Gasteiger partial charge >= 0.3 is 5.97 Å². The van der Waals surface area contributed by atoms with Crippen molar-refractivity contribution in [2.45, 2.75) is 13.3 Å². The molecule has 2 nitrogen and oxygen atoms in total. The van der Waals surface area contributed by atoms with Gasteiger partial charge < -0.3 is 4.74 Å². The molecular formula is C6H10O2. The third-order valence-corrected chi connectivity index (χ3v) is 0.569. The van der Waals surface area contributed by atoms with Crippen molar-refractivity contribution in [3.8, 4) is 0 Å². The molecule has 1 aliphatic rings. The zero-order valence-electron chi connectivity index (χ0n) is 5.02. The van der Waals surface area contributed by atoms with Crippen LogP contribution in [0.1, 0.15) is 13.3 Å². The van der Waals surface area contributed by atoms with Crippen LogP contribution >= 0.6 is 0 Å². The summed E-state index contributed by atoms with van der Waals surface area (Å²) >= 11 is 0. The average molecular weight is 114 g/mol. The lowest BCUT2D eigenvalue weighted by Gasteiger charge is -2.09. The average Bonchev–Trinajstić information content (AvgIpc) is 1.64. The van der Waals surface area contributed by atoms with E-state index in [1.54, 1.807) is 6.08 Å². The minimum Gasteiger partial charge on any atom is -0.465 e. The Morgan fingerprint density at radius 2 is 2.12 bits per heavy atom. The molecule has 0 aliphatic carbocycles. The van der Waals surface area contributed by atoms with E-state index in [4.69, 9.17) is 0 Å². The molecule has 0 radical (unpaired) electrons. The number of cyclic esters (lactones) is 1. The molecule has 8 heavy (non-hydrogen) atoms. The lowest BCUT2D eigenvalue weighted by atomic mass is 10.4. The van der Waals surface area contributed by atoms with Crippen molar-refractivity contribution < 1.29 is 9.53 Å². The van der Waals surface area contributed by atoms with Crippen molar-refractivity contribution in [3.63, 3.8) is 0 Å². The normalized spacial score (nSPS) is 14.4. The Labute approximate surface area is 49.1 Å². The molecular weight excluding hydrogens is 104 g/mol. The van der Waals surface area contributed by atoms with Crippen LogP contribution in [0.3, 0.4) is 0 Å². The molecule has 0 unspecified atom stereocenters. The van der Waals surface area contributed by atoms with Gasteiger partial charge in [-0.25, -0.2) is 0 Å². The summed E-state index contributed by atoms with van der Waals surface area (Å²) in [4.78, 5) is 9.68. The fourth-order valence-corrected chi connectivity index (χ4v) is 0.185. The van der Waals surface area contributed by atoms with Crippen LogP contribution in [-0.4, -0.2) is 12.6 Å². The van der Waals surface area contributed by atoms with Gasteiger partial charge in [0.1, 0.15) is 6.61 Å². The van der Waals surface area contributed by atoms with Crippen LogP contribution < -0.4 is 0 Å². The van der Waals surface area contributed by atoms with Crippen molar-refractivity contribution in [1.29, 1.82) is 0 Å². The van der Waals surface area contributed by atoms with Crippen molar-refractivity contribution in [2.24, 2.45) is 0 Å². The Morgan fingerprint density at radius 3 is 2.12 bits per heavy atom. The smallest absolute Gasteiger partial charge is 0.309 e. The molecule has 0 bridgehead atoms. The number of allylic oxidation sites excluding steroid dienone is 1. The van der Waals surface area contributed by atoms with E-state index < -0.39 is 0 Å². The van der Waals surface area contributed by atoms with Crippen LogP contribution in [0.4, 0.5) is 0 Å². The van der Waals surface area contributed by atoms with E-state index in [2.05, 4.69) is 11.3 Å². The SMILES string of the molecule is C=CC.O=C1CCO1. The number of esters is 1. The molecule has 0 aromatic carbocycles. The fraction of sp³-hybridized carbons (Fsp3) is 0.500. The summed E-state index contributed by atoms with van der Waals surface area (Å²) in [6.07, 6.45) is 2.38. The van der Waals surface area contributed by atoms with Gasteiger partial charge in [0.05, 0.1) is 6.42 Å². The summed E-state index contributed by atoms with van der Waals surface area (Å²) in [5.41, 5.74) is 0. The molecule has 2 heteroatoms. The Morgan fingerprint density at radius 1 is 1.88 bits per heavy atom. The summed E-state index contributed by atoms with van der Waals surface area (Å²) in [5.74, 6) is -0.0648. The minimum absolute atomic E-state index is 0.0648. The van der Waals surface area contributed by atoms with Gasteiger partial charge in [-0.2, -0.15) is 0 Å². The minimum atomic E-state index is -0.0648. The highest BCUT2D eigenvalue weighted by atomic mass is 16.6. The van der Waals surface area contributed by atoms with Gasteiger partial charge in [0.2, 0.25) is 0 Å². The van der Waals surface area contributed by atoms with Gasteiger partial charge in [-0.1, -0.05) is 6.08 Å². The monoisotopic (exact) mass is 114 g/mol. The first-order valence-electron chi connectivity index (χ1n) is 2.54. The highest BCUT2D eigenvalue weighted by molar-refractivity contribution is 5.73. The standard InChI is InChI=1S/C3H4O2.C3H6/c4-3-1-2-5-3;1-3-2/h1-2H2;3H,1H2,2H3. The van der Waals surface area contributed by atoms with E-state index in [1.807, 2.05) is 6.92 Å². The maximum Gasteiger partial charge on any atom is 0.309 e. The Hall–Kier alpha value is -0.790. The Bertz CT molecular complexity index is 80.5. The van der Waals surface area contributed by atoms with Crippen LogP contribution in [0.2, 0.25) is 0 Å². The van der Waals surface area contributed by atoms with E-state index in [0.29, 0.717) is 13.0 Å². The van der Waals surface area contributed by atoms with E-state index in [1.165, 1.54) is 0 Å². The molecule has 1 saturated heterocycles. The number of carbonyl (C=O) groups is 1. The largest absolute Gasteiger partial charge is 0.465 e. The first kappa shape index (κ1) is 7.21. The molecule has 0 atom stereocenters. The van der Waals surface area contributed by atoms with Crippen molar-refractivity contribution in [1.82, 2.24) is 0 Å². The molecule has 0 aromatic rings. The van der Waals surface area contributed by atoms with Crippen LogP contribution in [0.15, 0.2) is 12.7 Å². The zero-order valence-corrected chi connectivity index (χ0v) is 5.02. The molecule has 0 saturated carbocycles. The summed E-state index contributed by atoms with van der Waals surface area (Å²) in [6, 6.07) is 0. The fourth-order valence-electron chi connectivity index (χ4n) is 0.185. The number of carbonyl (C=O) groups excluding carboxylic acids is 1. The maximum atomic E-state index is 9.68. The summed E-state index contributed by atoms with van der Waals surface area (Å²) < 4.78 is 4.29. The third-order valence-electron chi connectivity index (χ3n) is 0.569. The van der Waals surface area contributed by atoms with Gasteiger partial charge in [-0.3, -0.25) is 4.79 Å². The molecule has 0 N–H and O–H groups in total. The second-order valence-corrected chi connectivity index (χ2v) is 1.38. The quantitative estimate of drug-likeness (QED) is 0.348. The predicted molar refractivity (Wildman–Crippen MR) is 31.4 cm³/mol. The number of hydrogen-bond acceptors (Lipinski definition) is 2. The van der Waals surface area contributed by atoms with Crippen LogP contribution in [-0.2, 0) is 9.53 Å². The first-order valence-corrected chi connectivity index (χ1v) is 2.54. The third kappa shape index (κ3) is 3.40. The lowest BCUT2D eigenvalue weighted by molar-refractivity contribution is -0.157. The van der Waals surface area contributed by atoms with Crippen LogP contribution in [0.25, 0.3) is 0 Å².